The van der Waals surface area contributed by atoms with E-state index in [1.54, 1.807) is 0 Å². The quantitative estimate of drug-likeness (QED) is 0.188. The van der Waals surface area contributed by atoms with Gasteiger partial charge in [-0.05, 0) is 68.1 Å². The van der Waals surface area contributed by atoms with Crippen LogP contribution in [-0.2, 0) is 4.74 Å². The van der Waals surface area contributed by atoms with Crippen LogP contribution in [0.4, 0.5) is 17.8 Å². The molecule has 0 radical (unpaired) electrons. The highest BCUT2D eigenvalue weighted by Gasteiger charge is 2.76. The monoisotopic (exact) mass is 545 g/mol. The van der Waals surface area contributed by atoms with E-state index in [0.29, 0.717) is 29.7 Å². The molecule has 4 aliphatic carbocycles. The molecule has 1 aromatic heterocycles. The standard InChI is InChI=1S/C20H27NO3.C6H12N6O3/c1-18-7-6-14-12(13(18)3-4-15(18)22)5-8-20-17(24-20)16(23)11(10-21)9-19(14,20)2;13-1-7-4-10-5(8-2-14)12-6(11-4)9-3-15/h12-15,17,22-23H,3-9H2,1-2H3;13-15H,1-3H2,(H3,7,8,9,10,11,12)/t12-,13-,14-,15-,17+,18-,19+,20+;/m0./s1. The van der Waals surface area contributed by atoms with E-state index in [1.807, 2.05) is 0 Å². The van der Waals surface area contributed by atoms with Gasteiger partial charge < -0.3 is 46.2 Å². The summed E-state index contributed by atoms with van der Waals surface area (Å²) in [5.41, 5.74) is 0.336. The first-order valence-corrected chi connectivity index (χ1v) is 13.7. The van der Waals surface area contributed by atoms with Crippen LogP contribution < -0.4 is 16.0 Å². The predicted molar refractivity (Wildman–Crippen MR) is 140 cm³/mol. The number of nitrogens with one attached hydrogen (secondary N) is 3. The van der Waals surface area contributed by atoms with Crippen molar-refractivity contribution >= 4 is 17.8 Å². The summed E-state index contributed by atoms with van der Waals surface area (Å²) in [6, 6.07) is 2.23. The summed E-state index contributed by atoms with van der Waals surface area (Å²) in [7, 11) is 0. The number of aliphatic hydroxyl groups is 5. The van der Waals surface area contributed by atoms with Crippen LogP contribution in [0, 0.1) is 39.9 Å². The molecule has 13 heteroatoms. The van der Waals surface area contributed by atoms with Crippen LogP contribution in [0.2, 0.25) is 0 Å². The van der Waals surface area contributed by atoms with Crippen LogP contribution in [0.3, 0.4) is 0 Å². The van der Waals surface area contributed by atoms with Gasteiger partial charge in [0.15, 0.2) is 0 Å². The lowest BCUT2D eigenvalue weighted by atomic mass is 9.45. The third-order valence-electron chi connectivity index (χ3n) is 10.3. The smallest absolute Gasteiger partial charge is 0.231 e. The maximum absolute atomic E-state index is 10.5. The lowest BCUT2D eigenvalue weighted by Gasteiger charge is -2.58. The number of nitrogens with zero attached hydrogens (tertiary/aromatic N) is 4. The Morgan fingerprint density at radius 3 is 2.03 bits per heavy atom. The lowest BCUT2D eigenvalue weighted by Crippen LogP contribution is -2.57. The minimum absolute atomic E-state index is 0.0489. The van der Waals surface area contributed by atoms with E-state index in [4.69, 9.17) is 20.1 Å². The molecular formula is C26H39N7O6. The average molecular weight is 546 g/mol. The number of allylic oxidation sites excluding steroid dienone is 1. The van der Waals surface area contributed by atoms with E-state index in [0.717, 1.165) is 38.5 Å². The van der Waals surface area contributed by atoms with Crippen LogP contribution in [0.5, 0.6) is 0 Å². The van der Waals surface area contributed by atoms with Crippen molar-refractivity contribution in [3.63, 3.8) is 0 Å². The first-order valence-electron chi connectivity index (χ1n) is 13.7. The molecule has 1 aromatic rings. The second kappa shape index (κ2) is 10.3. The van der Waals surface area contributed by atoms with E-state index in [-0.39, 0.29) is 72.4 Å². The topological polar surface area (TPSA) is 212 Å². The normalized spacial score (nSPS) is 39.6. The van der Waals surface area contributed by atoms with Crippen molar-refractivity contribution in [2.75, 3.05) is 36.1 Å². The van der Waals surface area contributed by atoms with Crippen LogP contribution in [-0.4, -0.2) is 78.5 Å². The number of nitriles is 1. The van der Waals surface area contributed by atoms with Gasteiger partial charge in [0.1, 0.15) is 37.7 Å². The first-order chi connectivity index (χ1) is 18.7. The highest BCUT2D eigenvalue weighted by molar-refractivity contribution is 5.42. The molecule has 1 spiro atoms. The fourth-order valence-corrected chi connectivity index (χ4v) is 8.33. The minimum atomic E-state index is -0.332. The lowest BCUT2D eigenvalue weighted by molar-refractivity contribution is -0.116. The molecule has 8 N–H and O–H groups in total. The number of aromatic nitrogens is 3. The van der Waals surface area contributed by atoms with E-state index in [9.17, 15) is 15.5 Å². The Kier molecular flexibility index (Phi) is 7.36. The van der Waals surface area contributed by atoms with E-state index >= 15 is 0 Å². The molecule has 2 heterocycles. The molecule has 6 rings (SSSR count). The molecule has 0 bridgehead atoms. The van der Waals surface area contributed by atoms with Crippen molar-refractivity contribution < 1.29 is 30.3 Å². The second-order valence-electron chi connectivity index (χ2n) is 11.8. The predicted octanol–water partition coefficient (Wildman–Crippen LogP) is 1.42. The Labute approximate surface area is 227 Å². The highest BCUT2D eigenvalue weighted by Crippen LogP contribution is 2.73. The van der Waals surface area contributed by atoms with Crippen LogP contribution in [0.15, 0.2) is 11.3 Å². The molecule has 8 atom stereocenters. The van der Waals surface area contributed by atoms with Gasteiger partial charge in [0.2, 0.25) is 17.8 Å². The number of hydrogen-bond donors (Lipinski definition) is 8. The Balaban J connectivity index is 0.000000179. The number of hydrogen-bond acceptors (Lipinski definition) is 13. The number of aliphatic hydroxyl groups excluding tert-OH is 5. The summed E-state index contributed by atoms with van der Waals surface area (Å²) in [6.45, 7) is 3.60. The van der Waals surface area contributed by atoms with Gasteiger partial charge in [-0.25, -0.2) is 0 Å². The number of epoxide rings is 1. The summed E-state index contributed by atoms with van der Waals surface area (Å²) < 4.78 is 6.11. The number of fused-ring (bicyclic) bond motifs is 4. The van der Waals surface area contributed by atoms with E-state index in [1.165, 1.54) is 0 Å². The summed E-state index contributed by atoms with van der Waals surface area (Å²) in [5, 5.41) is 63.5. The molecule has 3 saturated carbocycles. The summed E-state index contributed by atoms with van der Waals surface area (Å²) in [5.74, 6) is 2.34. The first kappa shape index (κ1) is 27.8. The molecule has 1 aliphatic heterocycles. The van der Waals surface area contributed by atoms with E-state index < -0.39 is 0 Å². The van der Waals surface area contributed by atoms with Crippen molar-refractivity contribution in [1.82, 2.24) is 15.0 Å². The number of ether oxygens (including phenoxy) is 1. The van der Waals surface area contributed by atoms with Crippen molar-refractivity contribution in [3.8, 4) is 6.07 Å². The number of anilines is 3. The van der Waals surface area contributed by atoms with E-state index in [2.05, 4.69) is 50.8 Å². The van der Waals surface area contributed by atoms with Crippen molar-refractivity contribution in [2.45, 2.75) is 76.6 Å². The zero-order valence-corrected chi connectivity index (χ0v) is 22.4. The molecule has 0 aromatic carbocycles. The Morgan fingerprint density at radius 1 is 0.897 bits per heavy atom. The summed E-state index contributed by atoms with van der Waals surface area (Å²) in [6.07, 6.45) is 6.65. The zero-order chi connectivity index (χ0) is 28.0. The molecule has 5 aliphatic rings. The molecule has 4 fully saturated rings. The Hall–Kier alpha value is -2.76. The summed E-state index contributed by atoms with van der Waals surface area (Å²) in [4.78, 5) is 11.4. The average Bonchev–Trinajstić information content (AvgIpc) is 3.58. The van der Waals surface area contributed by atoms with Crippen LogP contribution in [0.25, 0.3) is 0 Å². The maximum Gasteiger partial charge on any atom is 0.231 e. The highest BCUT2D eigenvalue weighted by atomic mass is 16.6. The second-order valence-corrected chi connectivity index (χ2v) is 11.8. The van der Waals surface area contributed by atoms with Gasteiger partial charge in [0.05, 0.1) is 17.7 Å². The third-order valence-corrected chi connectivity index (χ3v) is 10.3. The van der Waals surface area contributed by atoms with Crippen molar-refractivity contribution in [1.29, 1.82) is 5.26 Å². The molecular weight excluding hydrogens is 506 g/mol. The molecule has 1 saturated heterocycles. The van der Waals surface area contributed by atoms with Gasteiger partial charge in [-0.15, -0.1) is 0 Å². The SMILES string of the molecule is C[C@]12CC[C@H]3[C@@H](CC[C@@]45O[C@@H]4C(O)=C(C#N)C[C@]35C)[C@@H]1CC[C@@H]2O.OCNc1nc(NCO)nc(NCO)n1. The van der Waals surface area contributed by atoms with Gasteiger partial charge in [-0.2, -0.15) is 20.2 Å². The van der Waals surface area contributed by atoms with Gasteiger partial charge in [-0.3, -0.25) is 0 Å². The van der Waals surface area contributed by atoms with Crippen molar-refractivity contribution in [2.24, 2.45) is 28.6 Å². The minimum Gasteiger partial charge on any atom is -0.508 e. The van der Waals surface area contributed by atoms with Crippen molar-refractivity contribution in [3.05, 3.63) is 11.3 Å². The molecule has 0 unspecified atom stereocenters. The van der Waals surface area contributed by atoms with Gasteiger partial charge in [-0.1, -0.05) is 13.8 Å². The fourth-order valence-electron chi connectivity index (χ4n) is 8.33. The molecule has 214 valence electrons. The molecule has 13 nitrogen and oxygen atoms in total. The van der Waals surface area contributed by atoms with Crippen LogP contribution in [0.1, 0.15) is 58.8 Å². The van der Waals surface area contributed by atoms with Gasteiger partial charge in [0, 0.05) is 5.41 Å². The Morgan fingerprint density at radius 2 is 1.49 bits per heavy atom. The summed E-state index contributed by atoms with van der Waals surface area (Å²) >= 11 is 0. The fraction of sp³-hybridized carbons (Fsp3) is 0.769. The van der Waals surface area contributed by atoms with Crippen LogP contribution >= 0.6 is 0 Å². The Bertz CT molecular complexity index is 1100. The number of rotatable bonds is 6. The maximum atomic E-state index is 10.5. The molecule has 0 amide bonds. The largest absolute Gasteiger partial charge is 0.508 e. The molecule has 39 heavy (non-hydrogen) atoms. The third kappa shape index (κ3) is 4.38. The zero-order valence-electron chi connectivity index (χ0n) is 22.4. The van der Waals surface area contributed by atoms with Gasteiger partial charge >= 0.3 is 0 Å². The van der Waals surface area contributed by atoms with Gasteiger partial charge in [0.25, 0.3) is 0 Å².